The summed E-state index contributed by atoms with van der Waals surface area (Å²) in [6.45, 7) is 9.27. The summed E-state index contributed by atoms with van der Waals surface area (Å²) in [6.07, 6.45) is 2.51. The lowest BCUT2D eigenvalue weighted by molar-refractivity contribution is -0.142. The predicted molar refractivity (Wildman–Crippen MR) is 148 cm³/mol. The van der Waals surface area contributed by atoms with Crippen LogP contribution in [0.2, 0.25) is 0 Å². The monoisotopic (exact) mass is 581 g/mol. The minimum absolute atomic E-state index is 0.0354. The number of carbonyl (C=O) groups excluding carboxylic acids is 4. The molecule has 0 bridgehead atoms. The first kappa shape index (κ1) is 31.8. The van der Waals surface area contributed by atoms with Crippen molar-refractivity contribution in [2.75, 3.05) is 27.8 Å². The Labute approximate surface area is 240 Å². The topological polar surface area (TPSA) is 131 Å². The Morgan fingerprint density at radius 3 is 2.50 bits per heavy atom. The van der Waals surface area contributed by atoms with Crippen molar-refractivity contribution in [1.29, 1.82) is 0 Å². The average molecular weight is 582 g/mol. The Bertz CT molecular complexity index is 1070. The molecule has 0 aliphatic carbocycles. The minimum Gasteiger partial charge on any atom is -0.444 e. The number of likely N-dealkylation sites (N-methyl/N-ethyl adjacent to an activating group) is 1. The smallest absolute Gasteiger partial charge is 0.410 e. The molecule has 0 aromatic carbocycles. The van der Waals surface area contributed by atoms with E-state index < -0.39 is 29.7 Å². The summed E-state index contributed by atoms with van der Waals surface area (Å²) >= 11 is 1.33. The third kappa shape index (κ3) is 7.49. The maximum atomic E-state index is 14.1. The first-order chi connectivity index (χ1) is 18.8. The van der Waals surface area contributed by atoms with Crippen LogP contribution in [0.5, 0.6) is 0 Å². The molecule has 2 aliphatic heterocycles. The van der Waals surface area contributed by atoms with Crippen LogP contribution < -0.4 is 5.32 Å². The number of ether oxygens (including phenoxy) is 2. The van der Waals surface area contributed by atoms with Gasteiger partial charge in [-0.25, -0.2) is 14.8 Å². The van der Waals surface area contributed by atoms with E-state index in [1.165, 1.54) is 37.4 Å². The van der Waals surface area contributed by atoms with E-state index in [-0.39, 0.29) is 35.7 Å². The molecule has 2 saturated heterocycles. The summed E-state index contributed by atoms with van der Waals surface area (Å²) in [4.78, 5) is 65.1. The summed E-state index contributed by atoms with van der Waals surface area (Å²) in [5, 5.41) is 6.35. The Kier molecular flexibility index (Phi) is 10.5. The first-order valence-corrected chi connectivity index (χ1v) is 14.6. The van der Waals surface area contributed by atoms with Gasteiger partial charge in [-0.05, 0) is 60.3 Å². The molecule has 3 rings (SSSR count). The van der Waals surface area contributed by atoms with Crippen molar-refractivity contribution >= 4 is 35.2 Å². The molecule has 224 valence electrons. The van der Waals surface area contributed by atoms with Crippen LogP contribution in [-0.2, 0) is 23.9 Å². The van der Waals surface area contributed by atoms with Crippen LogP contribution in [0.4, 0.5) is 4.79 Å². The van der Waals surface area contributed by atoms with Crippen molar-refractivity contribution in [1.82, 2.24) is 25.2 Å². The number of hydroxylamine groups is 2. The van der Waals surface area contributed by atoms with E-state index in [2.05, 4.69) is 10.3 Å². The number of amides is 4. The van der Waals surface area contributed by atoms with E-state index >= 15 is 0 Å². The Morgan fingerprint density at radius 2 is 1.88 bits per heavy atom. The van der Waals surface area contributed by atoms with Gasteiger partial charge in [0.05, 0.1) is 19.3 Å². The van der Waals surface area contributed by atoms with Gasteiger partial charge in [-0.3, -0.25) is 24.1 Å². The van der Waals surface area contributed by atoms with Crippen LogP contribution in [0.1, 0.15) is 88.3 Å². The Morgan fingerprint density at radius 1 is 1.20 bits per heavy atom. The van der Waals surface area contributed by atoms with Crippen molar-refractivity contribution in [3.8, 4) is 0 Å². The van der Waals surface area contributed by atoms with E-state index in [4.69, 9.17) is 14.3 Å². The highest BCUT2D eigenvalue weighted by molar-refractivity contribution is 7.09. The highest BCUT2D eigenvalue weighted by atomic mass is 32.1. The van der Waals surface area contributed by atoms with Gasteiger partial charge >= 0.3 is 6.09 Å². The second-order valence-electron chi connectivity index (χ2n) is 11.3. The quantitative estimate of drug-likeness (QED) is 0.464. The van der Waals surface area contributed by atoms with E-state index in [9.17, 15) is 19.2 Å². The number of nitrogens with one attached hydrogen (secondary N) is 1. The van der Waals surface area contributed by atoms with E-state index in [0.29, 0.717) is 24.5 Å². The van der Waals surface area contributed by atoms with Gasteiger partial charge in [0.25, 0.3) is 5.91 Å². The fraction of sp³-hybridized carbons (Fsp3) is 0.741. The van der Waals surface area contributed by atoms with E-state index in [1.807, 2.05) is 11.8 Å². The van der Waals surface area contributed by atoms with Gasteiger partial charge in [-0.1, -0.05) is 0 Å². The van der Waals surface area contributed by atoms with Crippen LogP contribution in [0.15, 0.2) is 5.38 Å². The summed E-state index contributed by atoms with van der Waals surface area (Å²) < 4.78 is 11.3. The number of rotatable bonds is 8. The Balaban J connectivity index is 1.82. The fourth-order valence-electron chi connectivity index (χ4n) is 5.03. The van der Waals surface area contributed by atoms with Gasteiger partial charge in [-0.2, -0.15) is 0 Å². The largest absolute Gasteiger partial charge is 0.444 e. The van der Waals surface area contributed by atoms with Crippen LogP contribution in [0.3, 0.4) is 0 Å². The van der Waals surface area contributed by atoms with Crippen molar-refractivity contribution in [2.24, 2.45) is 0 Å². The van der Waals surface area contributed by atoms with Crippen molar-refractivity contribution in [2.45, 2.75) is 103 Å². The fourth-order valence-corrected chi connectivity index (χ4v) is 5.96. The summed E-state index contributed by atoms with van der Waals surface area (Å²) in [6, 6.07) is -2.05. The molecule has 12 nitrogen and oxygen atoms in total. The third-order valence-corrected chi connectivity index (χ3v) is 8.27. The van der Waals surface area contributed by atoms with Gasteiger partial charge in [0.2, 0.25) is 11.8 Å². The molecule has 40 heavy (non-hydrogen) atoms. The molecule has 4 amide bonds. The molecule has 0 unspecified atom stereocenters. The number of nitrogens with zero attached hydrogens (tertiary/aromatic N) is 4. The molecule has 3 heterocycles. The minimum atomic E-state index is -0.867. The lowest BCUT2D eigenvalue weighted by Gasteiger charge is -2.38. The molecular formula is C27H43N5O7S. The van der Waals surface area contributed by atoms with Crippen molar-refractivity contribution < 1.29 is 33.5 Å². The van der Waals surface area contributed by atoms with Gasteiger partial charge in [0.15, 0.2) is 0 Å². The first-order valence-electron chi connectivity index (χ1n) is 13.7. The maximum Gasteiger partial charge on any atom is 0.410 e. The van der Waals surface area contributed by atoms with Crippen LogP contribution in [0.25, 0.3) is 0 Å². The van der Waals surface area contributed by atoms with Crippen molar-refractivity contribution in [3.05, 3.63) is 16.1 Å². The molecule has 2 aliphatic rings. The zero-order chi connectivity index (χ0) is 29.8. The van der Waals surface area contributed by atoms with Crippen LogP contribution in [-0.4, -0.2) is 101 Å². The lowest BCUT2D eigenvalue weighted by Crippen LogP contribution is -2.57. The van der Waals surface area contributed by atoms with Crippen LogP contribution in [0, 0.1) is 0 Å². The average Bonchev–Trinajstić information content (AvgIpc) is 3.54. The third-order valence-electron chi connectivity index (χ3n) is 7.32. The normalized spacial score (nSPS) is 24.0. The number of thiazole rings is 1. The number of fused-ring (bicyclic) bond motifs is 1. The second-order valence-corrected chi connectivity index (χ2v) is 12.2. The standard InChI is InChI=1S/C27H43N5O7S/c1-9-38-18-12-10-17-11-13-21(23-29-20(15-40-23)24(34)31(7)37-8)32(17)25(35)19(14-18)28-22(33)16(2)30(6)26(36)39-27(3,4)5/h15-19,21H,9-14H2,1-8H3,(H,28,33)/t16-,17-,18+,19-,21-/m0/s1. The molecule has 1 aromatic rings. The highest BCUT2D eigenvalue weighted by Gasteiger charge is 2.44. The number of carbonyl (C=O) groups is 4. The molecule has 0 saturated carbocycles. The lowest BCUT2D eigenvalue weighted by atomic mass is 9.96. The van der Waals surface area contributed by atoms with Gasteiger partial charge < -0.3 is 19.7 Å². The van der Waals surface area contributed by atoms with Crippen LogP contribution >= 0.6 is 11.3 Å². The van der Waals surface area contributed by atoms with Crippen molar-refractivity contribution in [3.63, 3.8) is 0 Å². The molecule has 1 aromatic heterocycles. The molecule has 2 fully saturated rings. The SMILES string of the molecule is CCO[C@@H]1CC[C@H]2CC[C@@H](c3nc(C(=O)N(C)OC)cs3)N2C(=O)[C@@H](NC(=O)[C@H](C)N(C)C(=O)OC(C)(C)C)C1. The van der Waals surface area contributed by atoms with Gasteiger partial charge in [-0.15, -0.1) is 11.3 Å². The molecule has 1 N–H and O–H groups in total. The summed E-state index contributed by atoms with van der Waals surface area (Å²) in [5.74, 6) is -1.04. The van der Waals surface area contributed by atoms with Gasteiger partial charge in [0.1, 0.15) is 28.4 Å². The maximum absolute atomic E-state index is 14.1. The predicted octanol–water partition coefficient (Wildman–Crippen LogP) is 3.14. The molecule has 0 spiro atoms. The molecular weight excluding hydrogens is 538 g/mol. The van der Waals surface area contributed by atoms with E-state index in [1.54, 1.807) is 33.1 Å². The zero-order valence-corrected chi connectivity index (χ0v) is 25.6. The molecule has 13 heteroatoms. The zero-order valence-electron chi connectivity index (χ0n) is 24.8. The summed E-state index contributed by atoms with van der Waals surface area (Å²) in [7, 11) is 4.41. The second kappa shape index (κ2) is 13.3. The van der Waals surface area contributed by atoms with Gasteiger partial charge in [0, 0.05) is 38.5 Å². The number of hydrogen-bond donors (Lipinski definition) is 1. The highest BCUT2D eigenvalue weighted by Crippen LogP contribution is 2.41. The molecule has 5 atom stereocenters. The molecule has 0 radical (unpaired) electrons. The number of aromatic nitrogens is 1. The number of hydrogen-bond acceptors (Lipinski definition) is 9. The summed E-state index contributed by atoms with van der Waals surface area (Å²) in [5.41, 5.74) is -0.451. The Hall–Kier alpha value is -2.77. The van der Waals surface area contributed by atoms with E-state index in [0.717, 1.165) is 24.3 Å².